The third kappa shape index (κ3) is 6.21. The minimum absolute atomic E-state index is 0.317. The Hall–Kier alpha value is -0.810. The molecule has 0 aromatic heterocycles. The van der Waals surface area contributed by atoms with E-state index in [1.165, 1.54) is 0 Å². The van der Waals surface area contributed by atoms with Gasteiger partial charge in [-0.05, 0) is 59.2 Å². The predicted octanol–water partition coefficient (Wildman–Crippen LogP) is 1.18. The van der Waals surface area contributed by atoms with E-state index >= 15 is 0 Å². The maximum atomic E-state index is 11.5. The second-order valence-corrected chi connectivity index (χ2v) is 5.98. The van der Waals surface area contributed by atoms with Crippen molar-refractivity contribution in [2.45, 2.75) is 39.2 Å². The number of hydrogen-bond acceptors (Lipinski definition) is 4. The van der Waals surface area contributed by atoms with E-state index in [9.17, 15) is 4.79 Å². The minimum Gasteiger partial charge on any atom is -0.444 e. The third-order valence-corrected chi connectivity index (χ3v) is 2.98. The zero-order valence-corrected chi connectivity index (χ0v) is 11.9. The third-order valence-electron chi connectivity index (χ3n) is 2.98. The number of nitrogens with zero attached hydrogens (tertiary/aromatic N) is 1. The van der Waals surface area contributed by atoms with Crippen LogP contribution < -0.4 is 11.1 Å². The lowest BCUT2D eigenvalue weighted by Crippen LogP contribution is -2.36. The molecular weight excluding hydrogens is 230 g/mol. The second kappa shape index (κ2) is 6.95. The maximum Gasteiger partial charge on any atom is 0.407 e. The molecule has 1 atom stereocenters. The Morgan fingerprint density at radius 1 is 1.50 bits per heavy atom. The molecule has 0 radical (unpaired) electrons. The smallest absolute Gasteiger partial charge is 0.407 e. The lowest BCUT2D eigenvalue weighted by Gasteiger charge is -2.21. The van der Waals surface area contributed by atoms with Crippen molar-refractivity contribution < 1.29 is 9.53 Å². The van der Waals surface area contributed by atoms with Crippen LogP contribution in [0.15, 0.2) is 0 Å². The van der Waals surface area contributed by atoms with Crippen LogP contribution >= 0.6 is 0 Å². The lowest BCUT2D eigenvalue weighted by atomic mass is 10.1. The maximum absolute atomic E-state index is 11.5. The molecule has 0 spiro atoms. The minimum atomic E-state index is -0.424. The van der Waals surface area contributed by atoms with E-state index in [2.05, 4.69) is 10.2 Å². The molecule has 0 bridgehead atoms. The summed E-state index contributed by atoms with van der Waals surface area (Å²) in [5.74, 6) is 0.537. The summed E-state index contributed by atoms with van der Waals surface area (Å²) < 4.78 is 5.21. The Labute approximate surface area is 110 Å². The summed E-state index contributed by atoms with van der Waals surface area (Å²) >= 11 is 0. The summed E-state index contributed by atoms with van der Waals surface area (Å²) in [7, 11) is 0. The van der Waals surface area contributed by atoms with Crippen LogP contribution in [-0.2, 0) is 4.74 Å². The van der Waals surface area contributed by atoms with Crippen molar-refractivity contribution >= 4 is 6.09 Å². The molecule has 1 rings (SSSR count). The number of likely N-dealkylation sites (tertiary alicyclic amines) is 1. The summed E-state index contributed by atoms with van der Waals surface area (Å²) in [6.07, 6.45) is 1.87. The van der Waals surface area contributed by atoms with Gasteiger partial charge >= 0.3 is 6.09 Å². The Morgan fingerprint density at radius 3 is 2.83 bits per heavy atom. The average Bonchev–Trinajstić information content (AvgIpc) is 2.69. The molecule has 0 unspecified atom stereocenters. The highest BCUT2D eigenvalue weighted by molar-refractivity contribution is 5.67. The summed E-state index contributed by atoms with van der Waals surface area (Å²) in [4.78, 5) is 13.9. The van der Waals surface area contributed by atoms with Crippen LogP contribution in [0, 0.1) is 5.92 Å². The second-order valence-electron chi connectivity index (χ2n) is 5.98. The van der Waals surface area contributed by atoms with Gasteiger partial charge < -0.3 is 20.7 Å². The molecule has 1 heterocycles. The molecule has 1 saturated heterocycles. The Bertz CT molecular complexity index is 263. The molecule has 3 N–H and O–H groups in total. The molecule has 0 aliphatic carbocycles. The molecule has 106 valence electrons. The van der Waals surface area contributed by atoms with Crippen molar-refractivity contribution in [2.75, 3.05) is 32.7 Å². The number of rotatable bonds is 5. The van der Waals surface area contributed by atoms with Crippen molar-refractivity contribution in [1.29, 1.82) is 0 Å². The van der Waals surface area contributed by atoms with Gasteiger partial charge in [0.2, 0.25) is 0 Å². The average molecular weight is 257 g/mol. The summed E-state index contributed by atoms with van der Waals surface area (Å²) in [5, 5.41) is 2.85. The van der Waals surface area contributed by atoms with E-state index in [1.807, 2.05) is 20.8 Å². The first-order valence-electron chi connectivity index (χ1n) is 6.80. The first kappa shape index (κ1) is 15.2. The van der Waals surface area contributed by atoms with Crippen molar-refractivity contribution in [1.82, 2.24) is 10.2 Å². The standard InChI is InChI=1S/C13H27N3O2/c1-13(2,3)18-12(17)15-9-11-5-8-16(10-11)7-4-6-14/h11H,4-10,14H2,1-3H3,(H,15,17)/t11-/m0/s1. The van der Waals surface area contributed by atoms with E-state index in [4.69, 9.17) is 10.5 Å². The fourth-order valence-electron chi connectivity index (χ4n) is 2.14. The molecule has 18 heavy (non-hydrogen) atoms. The van der Waals surface area contributed by atoms with Crippen molar-refractivity contribution in [3.05, 3.63) is 0 Å². The Morgan fingerprint density at radius 2 is 2.22 bits per heavy atom. The summed E-state index contributed by atoms with van der Waals surface area (Å²) in [5.41, 5.74) is 5.07. The predicted molar refractivity (Wildman–Crippen MR) is 72.5 cm³/mol. The molecule has 0 aromatic carbocycles. The van der Waals surface area contributed by atoms with E-state index < -0.39 is 5.60 Å². The topological polar surface area (TPSA) is 67.6 Å². The number of nitrogens with two attached hydrogens (primary N) is 1. The first-order chi connectivity index (χ1) is 8.40. The van der Waals surface area contributed by atoms with Crippen molar-refractivity contribution in [3.8, 4) is 0 Å². The molecule has 1 aliphatic rings. The van der Waals surface area contributed by atoms with Gasteiger partial charge in [0.25, 0.3) is 0 Å². The fraction of sp³-hybridized carbons (Fsp3) is 0.923. The summed E-state index contributed by atoms with van der Waals surface area (Å²) in [6, 6.07) is 0. The molecule has 1 aliphatic heterocycles. The van der Waals surface area contributed by atoms with Crippen LogP contribution in [0.5, 0.6) is 0 Å². The number of carbonyl (C=O) groups excluding carboxylic acids is 1. The molecule has 1 fully saturated rings. The summed E-state index contributed by atoms with van der Waals surface area (Å²) in [6.45, 7) is 10.3. The molecule has 0 saturated carbocycles. The van der Waals surface area contributed by atoms with Crippen molar-refractivity contribution in [3.63, 3.8) is 0 Å². The van der Waals surface area contributed by atoms with Crippen LogP contribution in [0.3, 0.4) is 0 Å². The first-order valence-corrected chi connectivity index (χ1v) is 6.80. The number of alkyl carbamates (subject to hydrolysis) is 1. The van der Waals surface area contributed by atoms with E-state index in [-0.39, 0.29) is 6.09 Å². The quantitative estimate of drug-likeness (QED) is 0.776. The molecule has 0 aromatic rings. The van der Waals surface area contributed by atoms with E-state index in [1.54, 1.807) is 0 Å². The van der Waals surface area contributed by atoms with Gasteiger partial charge in [0, 0.05) is 13.1 Å². The zero-order chi connectivity index (χ0) is 13.6. The van der Waals surface area contributed by atoms with Gasteiger partial charge in [0.1, 0.15) is 5.60 Å². The van der Waals surface area contributed by atoms with Gasteiger partial charge in [0.15, 0.2) is 0 Å². The van der Waals surface area contributed by atoms with Crippen LogP contribution in [0.1, 0.15) is 33.6 Å². The lowest BCUT2D eigenvalue weighted by molar-refractivity contribution is 0.0520. The number of carbonyl (C=O) groups is 1. The monoisotopic (exact) mass is 257 g/mol. The van der Waals surface area contributed by atoms with Gasteiger partial charge in [0.05, 0.1) is 0 Å². The number of hydrogen-bond donors (Lipinski definition) is 2. The van der Waals surface area contributed by atoms with Gasteiger partial charge in [-0.15, -0.1) is 0 Å². The fourth-order valence-corrected chi connectivity index (χ4v) is 2.14. The van der Waals surface area contributed by atoms with E-state index in [0.717, 1.165) is 39.0 Å². The molecule has 5 heteroatoms. The SMILES string of the molecule is CC(C)(C)OC(=O)NC[C@@H]1CCN(CCCN)C1. The highest BCUT2D eigenvalue weighted by Gasteiger charge is 2.23. The van der Waals surface area contributed by atoms with Gasteiger partial charge in [-0.1, -0.05) is 0 Å². The van der Waals surface area contributed by atoms with Crippen molar-refractivity contribution in [2.24, 2.45) is 11.7 Å². The molecule has 1 amide bonds. The van der Waals surface area contributed by atoms with Gasteiger partial charge in [-0.3, -0.25) is 0 Å². The zero-order valence-electron chi connectivity index (χ0n) is 11.9. The van der Waals surface area contributed by atoms with Crippen LogP contribution in [0.25, 0.3) is 0 Å². The van der Waals surface area contributed by atoms with Crippen LogP contribution in [0.2, 0.25) is 0 Å². The number of nitrogens with one attached hydrogen (secondary N) is 1. The van der Waals surface area contributed by atoms with Crippen LogP contribution in [0.4, 0.5) is 4.79 Å². The Kier molecular flexibility index (Phi) is 5.88. The van der Waals surface area contributed by atoms with Gasteiger partial charge in [-0.25, -0.2) is 4.79 Å². The highest BCUT2D eigenvalue weighted by Crippen LogP contribution is 2.15. The normalized spacial score (nSPS) is 21.0. The molecular formula is C13H27N3O2. The number of amides is 1. The van der Waals surface area contributed by atoms with Gasteiger partial charge in [-0.2, -0.15) is 0 Å². The Balaban J connectivity index is 2.15. The number of ether oxygens (including phenoxy) is 1. The van der Waals surface area contributed by atoms with Crippen LogP contribution in [-0.4, -0.2) is 49.3 Å². The highest BCUT2D eigenvalue weighted by atomic mass is 16.6. The molecule has 5 nitrogen and oxygen atoms in total. The largest absolute Gasteiger partial charge is 0.444 e. The van der Waals surface area contributed by atoms with E-state index in [0.29, 0.717) is 12.5 Å².